The topological polar surface area (TPSA) is 61.1 Å². The van der Waals surface area contributed by atoms with E-state index in [0.717, 1.165) is 5.69 Å². The van der Waals surface area contributed by atoms with Crippen LogP contribution in [0.1, 0.15) is 10.4 Å². The van der Waals surface area contributed by atoms with Crippen molar-refractivity contribution >= 4 is 16.9 Å². The summed E-state index contributed by atoms with van der Waals surface area (Å²) in [6.45, 7) is -2.95. The van der Waals surface area contributed by atoms with Crippen LogP contribution in [0.3, 0.4) is 0 Å². The van der Waals surface area contributed by atoms with Crippen molar-refractivity contribution in [3.8, 4) is 23.0 Å². The van der Waals surface area contributed by atoms with Gasteiger partial charge in [-0.2, -0.15) is 8.78 Å². The number of nitrogens with one attached hydrogen (secondary N) is 1. The molecule has 29 heavy (non-hydrogen) atoms. The molecule has 0 saturated heterocycles. The highest BCUT2D eigenvalue weighted by Crippen LogP contribution is 2.34. The molecule has 148 valence electrons. The van der Waals surface area contributed by atoms with Crippen molar-refractivity contribution in [1.29, 1.82) is 0 Å². The standard InChI is InChI=1S/C21H18F2N4O2/c1-24-20(28)13-9-10-15-14(12-13)25-19(17-7-5-11-26(17)2)27(15)16-6-3-4-8-18(16)29-21(22)23/h3-12,21H,1-2H3,(H,24,28). The lowest BCUT2D eigenvalue weighted by Gasteiger charge is -2.15. The first-order valence-corrected chi connectivity index (χ1v) is 8.90. The van der Waals surface area contributed by atoms with E-state index in [1.54, 1.807) is 48.0 Å². The number of benzene rings is 2. The van der Waals surface area contributed by atoms with Crippen molar-refractivity contribution in [3.63, 3.8) is 0 Å². The lowest BCUT2D eigenvalue weighted by atomic mass is 10.2. The Bertz CT molecular complexity index is 1200. The Morgan fingerprint density at radius 1 is 1.14 bits per heavy atom. The van der Waals surface area contributed by atoms with E-state index < -0.39 is 6.61 Å². The molecule has 1 amide bonds. The predicted molar refractivity (Wildman–Crippen MR) is 105 cm³/mol. The summed E-state index contributed by atoms with van der Waals surface area (Å²) in [5.74, 6) is 0.350. The van der Waals surface area contributed by atoms with Gasteiger partial charge in [0.1, 0.15) is 5.75 Å². The Morgan fingerprint density at radius 3 is 2.62 bits per heavy atom. The van der Waals surface area contributed by atoms with Crippen molar-refractivity contribution < 1.29 is 18.3 Å². The Labute approximate surface area is 165 Å². The molecule has 8 heteroatoms. The summed E-state index contributed by atoms with van der Waals surface area (Å²) in [7, 11) is 3.43. The van der Waals surface area contributed by atoms with Gasteiger partial charge in [0.15, 0.2) is 5.82 Å². The summed E-state index contributed by atoms with van der Waals surface area (Å²) in [4.78, 5) is 16.7. The van der Waals surface area contributed by atoms with Crippen LogP contribution in [0.4, 0.5) is 8.78 Å². The summed E-state index contributed by atoms with van der Waals surface area (Å²) >= 11 is 0. The van der Waals surface area contributed by atoms with Crippen LogP contribution in [0.15, 0.2) is 60.8 Å². The number of imidazole rings is 1. The number of carbonyl (C=O) groups is 1. The maximum absolute atomic E-state index is 13.0. The average molecular weight is 396 g/mol. The number of rotatable bonds is 5. The van der Waals surface area contributed by atoms with Crippen LogP contribution in [-0.2, 0) is 7.05 Å². The summed E-state index contributed by atoms with van der Waals surface area (Å²) in [5.41, 5.74) is 2.90. The van der Waals surface area contributed by atoms with Gasteiger partial charge in [-0.05, 0) is 42.5 Å². The zero-order valence-electron chi connectivity index (χ0n) is 15.8. The number of aromatic nitrogens is 3. The van der Waals surface area contributed by atoms with Crippen molar-refractivity contribution in [2.45, 2.75) is 6.61 Å². The number of nitrogens with zero attached hydrogens (tertiary/aromatic N) is 3. The molecular weight excluding hydrogens is 378 g/mol. The zero-order valence-corrected chi connectivity index (χ0v) is 15.8. The van der Waals surface area contributed by atoms with Crippen LogP contribution in [0.25, 0.3) is 28.2 Å². The third-order valence-electron chi connectivity index (χ3n) is 4.64. The second-order valence-corrected chi connectivity index (χ2v) is 6.40. The smallest absolute Gasteiger partial charge is 0.387 e. The van der Waals surface area contributed by atoms with Crippen LogP contribution in [-0.4, -0.2) is 33.7 Å². The largest absolute Gasteiger partial charge is 0.433 e. The van der Waals surface area contributed by atoms with Gasteiger partial charge in [0.2, 0.25) is 0 Å². The Hall–Kier alpha value is -3.68. The van der Waals surface area contributed by atoms with E-state index in [1.165, 1.54) is 6.07 Å². The number of fused-ring (bicyclic) bond motifs is 1. The van der Waals surface area contributed by atoms with E-state index in [9.17, 15) is 13.6 Å². The average Bonchev–Trinajstić information content (AvgIpc) is 3.29. The molecule has 1 N–H and O–H groups in total. The Kier molecular flexibility index (Phi) is 4.75. The fourth-order valence-corrected chi connectivity index (χ4v) is 3.31. The van der Waals surface area contributed by atoms with Crippen LogP contribution >= 0.6 is 0 Å². The monoisotopic (exact) mass is 396 g/mol. The summed E-state index contributed by atoms with van der Waals surface area (Å²) in [5, 5.41) is 2.59. The molecule has 0 fully saturated rings. The molecule has 6 nitrogen and oxygen atoms in total. The van der Waals surface area contributed by atoms with Crippen molar-refractivity contribution in [2.75, 3.05) is 7.05 Å². The van der Waals surface area contributed by atoms with E-state index in [0.29, 0.717) is 28.1 Å². The van der Waals surface area contributed by atoms with Crippen molar-refractivity contribution in [3.05, 3.63) is 66.4 Å². The number of para-hydroxylation sites is 2. The first-order valence-electron chi connectivity index (χ1n) is 8.90. The number of hydrogen-bond acceptors (Lipinski definition) is 3. The molecular formula is C21H18F2N4O2. The van der Waals surface area contributed by atoms with E-state index in [1.807, 2.05) is 29.9 Å². The van der Waals surface area contributed by atoms with E-state index >= 15 is 0 Å². The molecule has 0 spiro atoms. The van der Waals surface area contributed by atoms with Crippen LogP contribution in [0.5, 0.6) is 5.75 Å². The molecule has 4 rings (SSSR count). The highest BCUT2D eigenvalue weighted by molar-refractivity contribution is 5.98. The minimum absolute atomic E-state index is 0.0348. The van der Waals surface area contributed by atoms with Gasteiger partial charge in [-0.15, -0.1) is 0 Å². The summed E-state index contributed by atoms with van der Waals surface area (Å²) < 4.78 is 34.3. The summed E-state index contributed by atoms with van der Waals surface area (Å²) in [6.07, 6.45) is 1.87. The molecule has 0 radical (unpaired) electrons. The third-order valence-corrected chi connectivity index (χ3v) is 4.64. The van der Waals surface area contributed by atoms with Gasteiger partial charge in [0, 0.05) is 25.9 Å². The van der Waals surface area contributed by atoms with Gasteiger partial charge >= 0.3 is 6.61 Å². The quantitative estimate of drug-likeness (QED) is 0.555. The molecule has 0 aliphatic carbocycles. The molecule has 0 aliphatic rings. The molecule has 2 aromatic carbocycles. The van der Waals surface area contributed by atoms with Gasteiger partial charge in [0.25, 0.3) is 5.91 Å². The molecule has 0 bridgehead atoms. The van der Waals surface area contributed by atoms with Crippen LogP contribution < -0.4 is 10.1 Å². The van der Waals surface area contributed by atoms with E-state index in [-0.39, 0.29) is 11.7 Å². The van der Waals surface area contributed by atoms with Crippen molar-refractivity contribution in [2.24, 2.45) is 7.05 Å². The van der Waals surface area contributed by atoms with Crippen LogP contribution in [0, 0.1) is 0 Å². The molecule has 0 aliphatic heterocycles. The minimum atomic E-state index is -2.95. The maximum atomic E-state index is 13.0. The number of halogens is 2. The van der Waals surface area contributed by atoms with Gasteiger partial charge in [-0.3, -0.25) is 9.36 Å². The first-order chi connectivity index (χ1) is 14.0. The summed E-state index contributed by atoms with van der Waals surface area (Å²) in [6, 6.07) is 15.4. The minimum Gasteiger partial charge on any atom is -0.433 e. The Morgan fingerprint density at radius 2 is 1.93 bits per heavy atom. The highest BCUT2D eigenvalue weighted by atomic mass is 19.3. The second-order valence-electron chi connectivity index (χ2n) is 6.40. The molecule has 0 unspecified atom stereocenters. The first kappa shape index (κ1) is 18.7. The lowest BCUT2D eigenvalue weighted by molar-refractivity contribution is -0.0498. The second kappa shape index (κ2) is 7.38. The molecule has 0 saturated carbocycles. The maximum Gasteiger partial charge on any atom is 0.387 e. The fraction of sp³-hybridized carbons (Fsp3) is 0.143. The van der Waals surface area contributed by atoms with Gasteiger partial charge in [-0.25, -0.2) is 4.98 Å². The number of amides is 1. The molecule has 0 atom stereocenters. The molecule has 2 aromatic heterocycles. The van der Waals surface area contributed by atoms with Crippen LogP contribution in [0.2, 0.25) is 0 Å². The number of alkyl halides is 2. The molecule has 2 heterocycles. The SMILES string of the molecule is CNC(=O)c1ccc2c(c1)nc(-c1cccn1C)n2-c1ccccc1OC(F)F. The van der Waals surface area contributed by atoms with E-state index in [2.05, 4.69) is 5.32 Å². The number of ether oxygens (including phenoxy) is 1. The van der Waals surface area contributed by atoms with Gasteiger partial charge in [0.05, 0.1) is 22.4 Å². The fourth-order valence-electron chi connectivity index (χ4n) is 3.31. The third kappa shape index (κ3) is 3.33. The number of aryl methyl sites for hydroxylation is 1. The molecule has 4 aromatic rings. The van der Waals surface area contributed by atoms with E-state index in [4.69, 9.17) is 9.72 Å². The van der Waals surface area contributed by atoms with Gasteiger partial charge < -0.3 is 14.6 Å². The highest BCUT2D eigenvalue weighted by Gasteiger charge is 2.20. The lowest BCUT2D eigenvalue weighted by Crippen LogP contribution is -2.17. The van der Waals surface area contributed by atoms with Gasteiger partial charge in [-0.1, -0.05) is 12.1 Å². The zero-order chi connectivity index (χ0) is 20.5. The van der Waals surface area contributed by atoms with Crippen molar-refractivity contribution in [1.82, 2.24) is 19.4 Å². The Balaban J connectivity index is 2.02. The number of hydrogen-bond donors (Lipinski definition) is 1. The predicted octanol–water partition coefficient (Wildman–Crippen LogP) is 3.99. The number of carbonyl (C=O) groups excluding carboxylic acids is 1. The normalized spacial score (nSPS) is 11.2.